The van der Waals surface area contributed by atoms with Gasteiger partial charge in [0.1, 0.15) is 10.8 Å². The summed E-state index contributed by atoms with van der Waals surface area (Å²) in [4.78, 5) is 17.2. The van der Waals surface area contributed by atoms with Gasteiger partial charge in [0.2, 0.25) is 5.91 Å². The molecule has 27 heavy (non-hydrogen) atoms. The van der Waals surface area contributed by atoms with E-state index in [-0.39, 0.29) is 5.91 Å². The van der Waals surface area contributed by atoms with Gasteiger partial charge in [-0.25, -0.2) is 4.98 Å². The van der Waals surface area contributed by atoms with Crippen LogP contribution in [0.4, 0.5) is 5.82 Å². The molecule has 0 radical (unpaired) electrons. The molecule has 1 aliphatic carbocycles. The summed E-state index contributed by atoms with van der Waals surface area (Å²) >= 11 is 1.51. The SMILES string of the molecule is Cc1cc(NC(=O)CSc2nc3cc(C)c(C)cc3c3c2CCCC3)no1. The van der Waals surface area contributed by atoms with Crippen molar-refractivity contribution in [1.29, 1.82) is 0 Å². The standard InChI is InChI=1S/C21H23N3O2S/c1-12-8-17-15-6-4-5-7-16(15)21(22-18(17)9-13(12)2)27-11-20(25)23-19-10-14(3)26-24-19/h8-10H,4-7,11H2,1-3H3,(H,23,24,25). The van der Waals surface area contributed by atoms with Gasteiger partial charge in [0, 0.05) is 11.5 Å². The highest BCUT2D eigenvalue weighted by Gasteiger charge is 2.20. The molecule has 0 unspecified atom stereocenters. The molecule has 4 rings (SSSR count). The van der Waals surface area contributed by atoms with E-state index in [4.69, 9.17) is 9.51 Å². The van der Waals surface area contributed by atoms with Crippen molar-refractivity contribution in [3.05, 3.63) is 46.2 Å². The Hall–Kier alpha value is -2.34. The lowest BCUT2D eigenvalue weighted by Crippen LogP contribution is -2.15. The topological polar surface area (TPSA) is 68.0 Å². The van der Waals surface area contributed by atoms with Gasteiger partial charge in [0.15, 0.2) is 5.82 Å². The number of benzene rings is 1. The van der Waals surface area contributed by atoms with Crippen molar-refractivity contribution in [3.8, 4) is 0 Å². The van der Waals surface area contributed by atoms with E-state index in [9.17, 15) is 4.79 Å². The second-order valence-corrected chi connectivity index (χ2v) is 8.16. The van der Waals surface area contributed by atoms with Gasteiger partial charge in [-0.3, -0.25) is 4.79 Å². The highest BCUT2D eigenvalue weighted by molar-refractivity contribution is 8.00. The maximum atomic E-state index is 12.3. The molecule has 6 heteroatoms. The number of amides is 1. The van der Waals surface area contributed by atoms with E-state index in [1.807, 2.05) is 0 Å². The zero-order chi connectivity index (χ0) is 19.0. The fraction of sp³-hybridized carbons (Fsp3) is 0.381. The lowest BCUT2D eigenvalue weighted by Gasteiger charge is -2.21. The first-order chi connectivity index (χ1) is 13.0. The first kappa shape index (κ1) is 18.0. The van der Waals surface area contributed by atoms with Crippen molar-refractivity contribution in [2.75, 3.05) is 11.1 Å². The molecule has 2 aromatic heterocycles. The molecule has 0 bridgehead atoms. The molecule has 1 amide bonds. The monoisotopic (exact) mass is 381 g/mol. The van der Waals surface area contributed by atoms with E-state index in [1.54, 1.807) is 13.0 Å². The number of aromatic nitrogens is 2. The zero-order valence-corrected chi connectivity index (χ0v) is 16.7. The Kier molecular flexibility index (Phi) is 4.91. The summed E-state index contributed by atoms with van der Waals surface area (Å²) in [6.45, 7) is 6.07. The van der Waals surface area contributed by atoms with Gasteiger partial charge in [-0.05, 0) is 80.8 Å². The van der Waals surface area contributed by atoms with Crippen LogP contribution in [0.25, 0.3) is 10.9 Å². The van der Waals surface area contributed by atoms with Crippen LogP contribution in [0.5, 0.6) is 0 Å². The minimum absolute atomic E-state index is 0.0974. The summed E-state index contributed by atoms with van der Waals surface area (Å²) in [5.41, 5.74) is 6.34. The Morgan fingerprint density at radius 3 is 2.59 bits per heavy atom. The molecular formula is C21H23N3O2S. The van der Waals surface area contributed by atoms with Crippen molar-refractivity contribution in [2.45, 2.75) is 51.5 Å². The first-order valence-electron chi connectivity index (χ1n) is 9.30. The van der Waals surface area contributed by atoms with Crippen LogP contribution in [0.3, 0.4) is 0 Å². The van der Waals surface area contributed by atoms with Gasteiger partial charge in [-0.1, -0.05) is 16.9 Å². The average Bonchev–Trinajstić information content (AvgIpc) is 3.06. The number of nitrogens with one attached hydrogen (secondary N) is 1. The van der Waals surface area contributed by atoms with Gasteiger partial charge in [0.05, 0.1) is 11.3 Å². The number of aryl methyl sites for hydroxylation is 4. The molecular weight excluding hydrogens is 358 g/mol. The number of hydrogen-bond acceptors (Lipinski definition) is 5. The normalized spacial score (nSPS) is 13.6. The summed E-state index contributed by atoms with van der Waals surface area (Å²) < 4.78 is 4.99. The van der Waals surface area contributed by atoms with Crippen molar-refractivity contribution >= 4 is 34.4 Å². The number of fused-ring (bicyclic) bond motifs is 3. The maximum absolute atomic E-state index is 12.3. The Balaban J connectivity index is 1.61. The number of rotatable bonds is 4. The van der Waals surface area contributed by atoms with Gasteiger partial charge in [-0.2, -0.15) is 0 Å². The Labute approximate surface area is 162 Å². The van der Waals surface area contributed by atoms with E-state index in [2.05, 4.69) is 36.5 Å². The lowest BCUT2D eigenvalue weighted by atomic mass is 9.89. The van der Waals surface area contributed by atoms with Gasteiger partial charge in [0.25, 0.3) is 0 Å². The summed E-state index contributed by atoms with van der Waals surface area (Å²) in [6.07, 6.45) is 4.53. The summed E-state index contributed by atoms with van der Waals surface area (Å²) in [7, 11) is 0. The van der Waals surface area contributed by atoms with Crippen LogP contribution in [0, 0.1) is 20.8 Å². The number of hydrogen-bond donors (Lipinski definition) is 1. The molecule has 1 N–H and O–H groups in total. The molecule has 0 fully saturated rings. The van der Waals surface area contributed by atoms with Crippen LogP contribution in [-0.2, 0) is 17.6 Å². The molecule has 1 aliphatic rings. The molecule has 5 nitrogen and oxygen atoms in total. The van der Waals surface area contributed by atoms with E-state index in [0.29, 0.717) is 17.3 Å². The fourth-order valence-electron chi connectivity index (χ4n) is 3.61. The molecule has 1 aromatic carbocycles. The quantitative estimate of drug-likeness (QED) is 0.660. The van der Waals surface area contributed by atoms with Crippen molar-refractivity contribution in [1.82, 2.24) is 10.1 Å². The molecule has 0 aliphatic heterocycles. The number of thioether (sulfide) groups is 1. The number of pyridine rings is 1. The van der Waals surface area contributed by atoms with E-state index in [0.717, 1.165) is 23.4 Å². The lowest BCUT2D eigenvalue weighted by molar-refractivity contribution is -0.113. The second-order valence-electron chi connectivity index (χ2n) is 7.19. The number of carbonyl (C=O) groups is 1. The molecule has 140 valence electrons. The third kappa shape index (κ3) is 3.72. The van der Waals surface area contributed by atoms with Gasteiger partial charge < -0.3 is 9.84 Å². The van der Waals surface area contributed by atoms with Gasteiger partial charge in [-0.15, -0.1) is 0 Å². The molecule has 0 saturated heterocycles. The highest BCUT2D eigenvalue weighted by atomic mass is 32.2. The largest absolute Gasteiger partial charge is 0.360 e. The molecule has 0 atom stereocenters. The number of anilines is 1. The highest BCUT2D eigenvalue weighted by Crippen LogP contribution is 2.35. The molecule has 0 spiro atoms. The fourth-order valence-corrected chi connectivity index (χ4v) is 4.51. The van der Waals surface area contributed by atoms with Crippen molar-refractivity contribution in [3.63, 3.8) is 0 Å². The molecule has 3 aromatic rings. The zero-order valence-electron chi connectivity index (χ0n) is 15.9. The van der Waals surface area contributed by atoms with E-state index in [1.165, 1.54) is 52.2 Å². The second kappa shape index (κ2) is 7.35. The van der Waals surface area contributed by atoms with Crippen LogP contribution >= 0.6 is 11.8 Å². The average molecular weight is 382 g/mol. The van der Waals surface area contributed by atoms with E-state index >= 15 is 0 Å². The minimum atomic E-state index is -0.0974. The van der Waals surface area contributed by atoms with Gasteiger partial charge >= 0.3 is 0 Å². The maximum Gasteiger partial charge on any atom is 0.236 e. The van der Waals surface area contributed by atoms with Crippen LogP contribution < -0.4 is 5.32 Å². The first-order valence-corrected chi connectivity index (χ1v) is 10.3. The molecule has 2 heterocycles. The Bertz CT molecular complexity index is 1030. The van der Waals surface area contributed by atoms with Crippen LogP contribution in [-0.4, -0.2) is 21.8 Å². The predicted octanol–water partition coefficient (Wildman–Crippen LogP) is 4.76. The summed E-state index contributed by atoms with van der Waals surface area (Å²) in [5, 5.41) is 8.85. The van der Waals surface area contributed by atoms with Crippen LogP contribution in [0.1, 0.15) is 40.9 Å². The number of carbonyl (C=O) groups excluding carboxylic acids is 1. The third-order valence-electron chi connectivity index (χ3n) is 5.12. The molecule has 0 saturated carbocycles. The summed E-state index contributed by atoms with van der Waals surface area (Å²) in [5.74, 6) is 1.34. The van der Waals surface area contributed by atoms with E-state index < -0.39 is 0 Å². The van der Waals surface area contributed by atoms with Crippen LogP contribution in [0.2, 0.25) is 0 Å². The van der Waals surface area contributed by atoms with Crippen LogP contribution in [0.15, 0.2) is 27.7 Å². The smallest absolute Gasteiger partial charge is 0.236 e. The minimum Gasteiger partial charge on any atom is -0.360 e. The van der Waals surface area contributed by atoms with Crippen molar-refractivity contribution in [2.24, 2.45) is 0 Å². The Morgan fingerprint density at radius 1 is 1.11 bits per heavy atom. The number of nitrogens with zero attached hydrogens (tertiary/aromatic N) is 2. The predicted molar refractivity (Wildman–Crippen MR) is 108 cm³/mol. The Morgan fingerprint density at radius 2 is 1.85 bits per heavy atom. The van der Waals surface area contributed by atoms with Crippen molar-refractivity contribution < 1.29 is 9.32 Å². The third-order valence-corrected chi connectivity index (χ3v) is 6.14. The summed E-state index contributed by atoms with van der Waals surface area (Å²) in [6, 6.07) is 6.15.